The molecule has 186 valence electrons. The van der Waals surface area contributed by atoms with Crippen LogP contribution in [-0.4, -0.2) is 4.98 Å². The van der Waals surface area contributed by atoms with Gasteiger partial charge in [-0.05, 0) is 42.0 Å². The summed E-state index contributed by atoms with van der Waals surface area (Å²) in [6, 6.07) is 46.2. The zero-order valence-electron chi connectivity index (χ0n) is 21.4. The van der Waals surface area contributed by atoms with Gasteiger partial charge in [-0.15, -0.1) is 22.7 Å². The quantitative estimate of drug-likeness (QED) is 0.198. The smallest absolute Gasteiger partial charge is 0.0788 e. The molecule has 0 unspecified atom stereocenters. The molecule has 40 heavy (non-hydrogen) atoms. The highest BCUT2D eigenvalue weighted by Crippen LogP contribution is 2.48. The number of fused-ring (bicyclic) bond motifs is 10. The second-order valence-electron chi connectivity index (χ2n) is 10.3. The summed E-state index contributed by atoms with van der Waals surface area (Å²) < 4.78 is 5.32. The summed E-state index contributed by atoms with van der Waals surface area (Å²) in [4.78, 5) is 5.27. The zero-order chi connectivity index (χ0) is 26.2. The molecule has 0 saturated heterocycles. The van der Waals surface area contributed by atoms with Crippen LogP contribution in [0.15, 0.2) is 127 Å². The second kappa shape index (κ2) is 8.46. The standard InChI is InChI=1S/C37H21NS2/c1-2-10-22(11-3-1)36-29-21-27(23-18-19-33-28(20-23)24-12-5-8-16-31(24)39-33)37-35(26-14-6-9-17-32(26)40-37)34(29)25-13-4-7-15-30(25)38-36/h1-21H. The van der Waals surface area contributed by atoms with Gasteiger partial charge in [0.2, 0.25) is 0 Å². The van der Waals surface area contributed by atoms with Crippen LogP contribution in [0.1, 0.15) is 0 Å². The van der Waals surface area contributed by atoms with E-state index in [-0.39, 0.29) is 0 Å². The Hall–Kier alpha value is -4.57. The van der Waals surface area contributed by atoms with Gasteiger partial charge in [0, 0.05) is 67.6 Å². The maximum Gasteiger partial charge on any atom is 0.0788 e. The van der Waals surface area contributed by atoms with E-state index in [1.165, 1.54) is 67.6 Å². The van der Waals surface area contributed by atoms with Crippen LogP contribution in [0.4, 0.5) is 0 Å². The van der Waals surface area contributed by atoms with Gasteiger partial charge >= 0.3 is 0 Å². The first-order chi connectivity index (χ1) is 19.8. The van der Waals surface area contributed by atoms with E-state index < -0.39 is 0 Å². The van der Waals surface area contributed by atoms with Crippen LogP contribution in [0, 0.1) is 0 Å². The average Bonchev–Trinajstić information content (AvgIpc) is 3.59. The Bertz CT molecular complexity index is 2430. The lowest BCUT2D eigenvalue weighted by Gasteiger charge is -2.14. The van der Waals surface area contributed by atoms with Crippen LogP contribution in [-0.2, 0) is 0 Å². The summed E-state index contributed by atoms with van der Waals surface area (Å²) in [6.45, 7) is 0. The van der Waals surface area contributed by atoms with E-state index in [0.29, 0.717) is 0 Å². The second-order valence-corrected chi connectivity index (χ2v) is 12.4. The largest absolute Gasteiger partial charge is 0.247 e. The molecule has 0 saturated carbocycles. The average molecular weight is 544 g/mol. The number of nitrogens with zero attached hydrogens (tertiary/aromatic N) is 1. The third-order valence-electron chi connectivity index (χ3n) is 8.04. The van der Waals surface area contributed by atoms with Crippen LogP contribution in [0.3, 0.4) is 0 Å². The minimum absolute atomic E-state index is 1.03. The zero-order valence-corrected chi connectivity index (χ0v) is 23.0. The first-order valence-electron chi connectivity index (χ1n) is 13.5. The van der Waals surface area contributed by atoms with Crippen molar-refractivity contribution in [3.8, 4) is 22.4 Å². The molecule has 0 aliphatic heterocycles. The number of hydrogen-bond acceptors (Lipinski definition) is 3. The van der Waals surface area contributed by atoms with Crippen molar-refractivity contribution >= 4 is 84.7 Å². The molecule has 0 amide bonds. The van der Waals surface area contributed by atoms with Crippen LogP contribution in [0.2, 0.25) is 0 Å². The van der Waals surface area contributed by atoms with Crippen molar-refractivity contribution in [1.29, 1.82) is 0 Å². The normalized spacial score (nSPS) is 12.0. The van der Waals surface area contributed by atoms with Gasteiger partial charge in [0.25, 0.3) is 0 Å². The molecule has 3 heteroatoms. The topological polar surface area (TPSA) is 12.9 Å². The molecule has 0 radical (unpaired) electrons. The third-order valence-corrected chi connectivity index (χ3v) is 10.4. The minimum atomic E-state index is 1.03. The van der Waals surface area contributed by atoms with Crippen molar-refractivity contribution < 1.29 is 0 Å². The Kier molecular flexibility index (Phi) is 4.71. The van der Waals surface area contributed by atoms with E-state index in [9.17, 15) is 0 Å². The predicted molar refractivity (Wildman–Crippen MR) is 176 cm³/mol. The van der Waals surface area contributed by atoms with Crippen LogP contribution >= 0.6 is 22.7 Å². The Morgan fingerprint density at radius 3 is 1.95 bits per heavy atom. The van der Waals surface area contributed by atoms with Crippen LogP contribution in [0.25, 0.3) is 84.4 Å². The number of aromatic nitrogens is 1. The maximum atomic E-state index is 5.27. The molecular weight excluding hydrogens is 523 g/mol. The summed E-state index contributed by atoms with van der Waals surface area (Å²) >= 11 is 3.77. The summed E-state index contributed by atoms with van der Waals surface area (Å²) in [5, 5.41) is 9.00. The van der Waals surface area contributed by atoms with Crippen molar-refractivity contribution in [2.45, 2.75) is 0 Å². The van der Waals surface area contributed by atoms with Crippen molar-refractivity contribution in [2.24, 2.45) is 0 Å². The highest BCUT2D eigenvalue weighted by atomic mass is 32.1. The highest BCUT2D eigenvalue weighted by Gasteiger charge is 2.20. The molecule has 0 spiro atoms. The molecule has 0 fully saturated rings. The molecule has 0 bridgehead atoms. The summed E-state index contributed by atoms with van der Waals surface area (Å²) in [5.74, 6) is 0. The first kappa shape index (κ1) is 22.3. The van der Waals surface area contributed by atoms with Crippen molar-refractivity contribution in [2.75, 3.05) is 0 Å². The first-order valence-corrected chi connectivity index (χ1v) is 15.1. The lowest BCUT2D eigenvalue weighted by Crippen LogP contribution is -1.91. The van der Waals surface area contributed by atoms with Gasteiger partial charge in [-0.25, -0.2) is 4.98 Å². The number of benzene rings is 6. The number of rotatable bonds is 2. The van der Waals surface area contributed by atoms with E-state index >= 15 is 0 Å². The van der Waals surface area contributed by atoms with Gasteiger partial charge in [0.1, 0.15) is 0 Å². The molecule has 0 aliphatic carbocycles. The number of para-hydroxylation sites is 1. The molecule has 3 heterocycles. The summed E-state index contributed by atoms with van der Waals surface area (Å²) in [5.41, 5.74) is 5.73. The molecule has 9 aromatic rings. The van der Waals surface area contributed by atoms with Gasteiger partial charge in [-0.2, -0.15) is 0 Å². The number of thiophene rings is 2. The molecule has 6 aromatic carbocycles. The molecule has 0 N–H and O–H groups in total. The van der Waals surface area contributed by atoms with Gasteiger partial charge in [-0.1, -0.05) is 91.0 Å². The molecule has 1 nitrogen and oxygen atoms in total. The van der Waals surface area contributed by atoms with Gasteiger partial charge in [0.15, 0.2) is 0 Å². The van der Waals surface area contributed by atoms with Crippen LogP contribution < -0.4 is 0 Å². The monoisotopic (exact) mass is 543 g/mol. The Balaban J connectivity index is 1.50. The van der Waals surface area contributed by atoms with E-state index in [0.717, 1.165) is 16.8 Å². The third kappa shape index (κ3) is 3.16. The van der Waals surface area contributed by atoms with Crippen molar-refractivity contribution in [3.05, 3.63) is 127 Å². The lowest BCUT2D eigenvalue weighted by molar-refractivity contribution is 1.43. The molecule has 0 aliphatic rings. The van der Waals surface area contributed by atoms with Gasteiger partial charge in [-0.3, -0.25) is 0 Å². The van der Waals surface area contributed by atoms with Crippen LogP contribution in [0.5, 0.6) is 0 Å². The SMILES string of the molecule is c1ccc(-c2nc3ccccc3c3c2cc(-c2ccc4sc5ccccc5c4c2)c2sc4ccccc4c23)cc1. The van der Waals surface area contributed by atoms with E-state index in [1.807, 2.05) is 22.7 Å². The number of pyridine rings is 1. The minimum Gasteiger partial charge on any atom is -0.247 e. The Morgan fingerprint density at radius 2 is 1.10 bits per heavy atom. The summed E-state index contributed by atoms with van der Waals surface area (Å²) in [7, 11) is 0. The lowest BCUT2D eigenvalue weighted by atomic mass is 9.92. The molecule has 3 aromatic heterocycles. The summed E-state index contributed by atoms with van der Waals surface area (Å²) in [6.07, 6.45) is 0. The van der Waals surface area contributed by atoms with Crippen molar-refractivity contribution in [1.82, 2.24) is 4.98 Å². The Labute approximate surface area is 238 Å². The molecular formula is C37H21NS2. The molecule has 0 atom stereocenters. The highest BCUT2D eigenvalue weighted by molar-refractivity contribution is 7.26. The molecule has 9 rings (SSSR count). The number of hydrogen-bond donors (Lipinski definition) is 0. The fraction of sp³-hybridized carbons (Fsp3) is 0. The Morgan fingerprint density at radius 1 is 0.425 bits per heavy atom. The maximum absolute atomic E-state index is 5.27. The van der Waals surface area contributed by atoms with E-state index in [4.69, 9.17) is 4.98 Å². The fourth-order valence-electron chi connectivity index (χ4n) is 6.25. The van der Waals surface area contributed by atoms with Gasteiger partial charge in [0.05, 0.1) is 11.2 Å². The van der Waals surface area contributed by atoms with E-state index in [1.54, 1.807) is 0 Å². The van der Waals surface area contributed by atoms with E-state index in [2.05, 4.69) is 127 Å². The van der Waals surface area contributed by atoms with Crippen molar-refractivity contribution in [3.63, 3.8) is 0 Å². The van der Waals surface area contributed by atoms with Gasteiger partial charge < -0.3 is 0 Å². The predicted octanol–water partition coefficient (Wildman–Crippen LogP) is 11.5. The fourth-order valence-corrected chi connectivity index (χ4v) is 8.59.